The third-order valence-electron chi connectivity index (χ3n) is 2.53. The molecule has 0 unspecified atom stereocenters. The smallest absolute Gasteiger partial charge is 0.303 e. The number of benzene rings is 1. The van der Waals surface area contributed by atoms with E-state index in [0.717, 1.165) is 10.9 Å². The van der Waals surface area contributed by atoms with Crippen LogP contribution in [0.3, 0.4) is 0 Å². The van der Waals surface area contributed by atoms with E-state index in [-0.39, 0.29) is 6.42 Å². The normalized spacial score (nSPS) is 10.3. The molecular formula is C12H11N3O2. The van der Waals surface area contributed by atoms with Crippen molar-refractivity contribution < 1.29 is 9.90 Å². The van der Waals surface area contributed by atoms with E-state index in [1.807, 2.05) is 6.07 Å². The van der Waals surface area contributed by atoms with E-state index >= 15 is 0 Å². The zero-order valence-electron chi connectivity index (χ0n) is 9.13. The molecule has 86 valence electrons. The van der Waals surface area contributed by atoms with Gasteiger partial charge in [-0.25, -0.2) is 0 Å². The predicted octanol–water partition coefficient (Wildman–Crippen LogP) is 1.77. The van der Waals surface area contributed by atoms with E-state index in [2.05, 4.69) is 11.2 Å². The molecule has 1 N–H and O–H groups in total. The van der Waals surface area contributed by atoms with Gasteiger partial charge in [0.2, 0.25) is 0 Å². The highest BCUT2D eigenvalue weighted by Crippen LogP contribution is 2.15. The van der Waals surface area contributed by atoms with Crippen LogP contribution >= 0.6 is 0 Å². The zero-order chi connectivity index (χ0) is 12.3. The summed E-state index contributed by atoms with van der Waals surface area (Å²) in [7, 11) is 0. The Labute approximate surface area is 97.9 Å². The number of aliphatic carboxylic acids is 1. The van der Waals surface area contributed by atoms with Gasteiger partial charge in [-0.15, -0.1) is 0 Å². The van der Waals surface area contributed by atoms with E-state index < -0.39 is 5.97 Å². The summed E-state index contributed by atoms with van der Waals surface area (Å²) >= 11 is 0. The number of nitriles is 1. The number of hydrogen-bond donors (Lipinski definition) is 1. The molecule has 0 aliphatic rings. The molecule has 0 saturated heterocycles. The molecule has 0 radical (unpaired) electrons. The maximum atomic E-state index is 10.4. The summed E-state index contributed by atoms with van der Waals surface area (Å²) in [5.41, 5.74) is 1.52. The fraction of sp³-hybridized carbons (Fsp3) is 0.250. The van der Waals surface area contributed by atoms with Crippen molar-refractivity contribution in [2.24, 2.45) is 0 Å². The van der Waals surface area contributed by atoms with Gasteiger partial charge in [0.05, 0.1) is 23.3 Å². The van der Waals surface area contributed by atoms with Gasteiger partial charge in [0.15, 0.2) is 0 Å². The minimum atomic E-state index is -0.798. The highest BCUT2D eigenvalue weighted by molar-refractivity contribution is 5.80. The van der Waals surface area contributed by atoms with Gasteiger partial charge in [-0.3, -0.25) is 9.48 Å². The Hall–Kier alpha value is -2.35. The molecule has 0 aliphatic carbocycles. The fourth-order valence-corrected chi connectivity index (χ4v) is 1.71. The van der Waals surface area contributed by atoms with Gasteiger partial charge in [-0.05, 0) is 24.6 Å². The summed E-state index contributed by atoms with van der Waals surface area (Å²) < 4.78 is 1.76. The molecule has 2 rings (SSSR count). The molecule has 17 heavy (non-hydrogen) atoms. The van der Waals surface area contributed by atoms with Crippen molar-refractivity contribution in [2.45, 2.75) is 19.4 Å². The topological polar surface area (TPSA) is 78.9 Å². The van der Waals surface area contributed by atoms with Crippen LogP contribution in [0, 0.1) is 11.3 Å². The first-order valence-corrected chi connectivity index (χ1v) is 5.28. The summed E-state index contributed by atoms with van der Waals surface area (Å²) in [4.78, 5) is 10.4. The Kier molecular flexibility index (Phi) is 3.06. The molecule has 1 aromatic carbocycles. The lowest BCUT2D eigenvalue weighted by Crippen LogP contribution is -2.03. The maximum Gasteiger partial charge on any atom is 0.303 e. The minimum absolute atomic E-state index is 0.137. The third-order valence-corrected chi connectivity index (χ3v) is 2.53. The minimum Gasteiger partial charge on any atom is -0.481 e. The number of aryl methyl sites for hydroxylation is 1. The van der Waals surface area contributed by atoms with E-state index in [9.17, 15) is 4.79 Å². The summed E-state index contributed by atoms with van der Waals surface area (Å²) in [5.74, 6) is -0.798. The maximum absolute atomic E-state index is 10.4. The molecule has 0 aliphatic heterocycles. The third kappa shape index (κ3) is 2.42. The van der Waals surface area contributed by atoms with E-state index in [1.54, 1.807) is 23.0 Å². The van der Waals surface area contributed by atoms with Crippen LogP contribution in [0.4, 0.5) is 0 Å². The molecule has 5 nitrogen and oxygen atoms in total. The van der Waals surface area contributed by atoms with Crippen LogP contribution in [0.1, 0.15) is 18.4 Å². The van der Waals surface area contributed by atoms with Crippen LogP contribution in [0.5, 0.6) is 0 Å². The predicted molar refractivity (Wildman–Crippen MR) is 61.3 cm³/mol. The van der Waals surface area contributed by atoms with Crippen molar-refractivity contribution in [1.29, 1.82) is 5.26 Å². The van der Waals surface area contributed by atoms with Gasteiger partial charge in [-0.1, -0.05) is 0 Å². The van der Waals surface area contributed by atoms with Crippen molar-refractivity contribution in [2.75, 3.05) is 0 Å². The van der Waals surface area contributed by atoms with Gasteiger partial charge in [0, 0.05) is 18.4 Å². The molecule has 5 heteroatoms. The largest absolute Gasteiger partial charge is 0.481 e. The summed E-state index contributed by atoms with van der Waals surface area (Å²) in [6, 6.07) is 7.41. The zero-order valence-corrected chi connectivity index (χ0v) is 9.13. The number of hydrogen-bond acceptors (Lipinski definition) is 3. The SMILES string of the molecule is N#Cc1ccc2c(cnn2CCCC(=O)O)c1. The molecule has 0 fully saturated rings. The molecular weight excluding hydrogens is 218 g/mol. The molecule has 0 saturated carbocycles. The number of aromatic nitrogens is 2. The second-order valence-electron chi connectivity index (χ2n) is 3.75. The highest BCUT2D eigenvalue weighted by Gasteiger charge is 2.04. The Morgan fingerprint density at radius 3 is 3.06 bits per heavy atom. The van der Waals surface area contributed by atoms with Crippen LogP contribution < -0.4 is 0 Å². The standard InChI is InChI=1S/C12H11N3O2/c13-7-9-3-4-11-10(6-9)8-14-15(11)5-1-2-12(16)17/h3-4,6,8H,1-2,5H2,(H,16,17). The van der Waals surface area contributed by atoms with Crippen LogP contribution in [-0.4, -0.2) is 20.9 Å². The highest BCUT2D eigenvalue weighted by atomic mass is 16.4. The second-order valence-corrected chi connectivity index (χ2v) is 3.75. The molecule has 2 aromatic rings. The average Bonchev–Trinajstić information content (AvgIpc) is 2.71. The number of carboxylic acid groups (broad SMARTS) is 1. The van der Waals surface area contributed by atoms with Gasteiger partial charge in [0.25, 0.3) is 0 Å². The Morgan fingerprint density at radius 1 is 1.53 bits per heavy atom. The molecule has 0 amide bonds. The van der Waals surface area contributed by atoms with Crippen LogP contribution in [0.2, 0.25) is 0 Å². The number of carboxylic acids is 1. The van der Waals surface area contributed by atoms with E-state index in [1.165, 1.54) is 0 Å². The number of carbonyl (C=O) groups is 1. The van der Waals surface area contributed by atoms with E-state index in [4.69, 9.17) is 10.4 Å². The lowest BCUT2D eigenvalue weighted by atomic mass is 10.2. The summed E-state index contributed by atoms with van der Waals surface area (Å²) in [6.45, 7) is 0.571. The van der Waals surface area contributed by atoms with Crippen molar-refractivity contribution in [3.05, 3.63) is 30.0 Å². The van der Waals surface area contributed by atoms with Crippen molar-refractivity contribution >= 4 is 16.9 Å². The average molecular weight is 229 g/mol. The van der Waals surface area contributed by atoms with Crippen molar-refractivity contribution in [3.8, 4) is 6.07 Å². The molecule has 1 heterocycles. The Bertz CT molecular complexity index is 595. The summed E-state index contributed by atoms with van der Waals surface area (Å²) in [5, 5.41) is 22.4. The first kappa shape index (κ1) is 11.1. The lowest BCUT2D eigenvalue weighted by Gasteiger charge is -2.01. The van der Waals surface area contributed by atoms with Gasteiger partial charge in [-0.2, -0.15) is 10.4 Å². The van der Waals surface area contributed by atoms with Crippen LogP contribution in [-0.2, 0) is 11.3 Å². The monoisotopic (exact) mass is 229 g/mol. The van der Waals surface area contributed by atoms with Gasteiger partial charge < -0.3 is 5.11 Å². The Morgan fingerprint density at radius 2 is 2.35 bits per heavy atom. The first-order valence-electron chi connectivity index (χ1n) is 5.28. The van der Waals surface area contributed by atoms with Crippen molar-refractivity contribution in [1.82, 2.24) is 9.78 Å². The summed E-state index contributed by atoms with van der Waals surface area (Å²) in [6.07, 6.45) is 2.38. The molecule has 0 atom stereocenters. The van der Waals surface area contributed by atoms with Crippen LogP contribution in [0.15, 0.2) is 24.4 Å². The first-order chi connectivity index (χ1) is 8.20. The lowest BCUT2D eigenvalue weighted by molar-refractivity contribution is -0.137. The molecule has 1 aromatic heterocycles. The van der Waals surface area contributed by atoms with Crippen molar-refractivity contribution in [3.63, 3.8) is 0 Å². The second kappa shape index (κ2) is 4.66. The molecule has 0 bridgehead atoms. The van der Waals surface area contributed by atoms with Crippen LogP contribution in [0.25, 0.3) is 10.9 Å². The number of rotatable bonds is 4. The number of fused-ring (bicyclic) bond motifs is 1. The Balaban J connectivity index is 2.19. The quantitative estimate of drug-likeness (QED) is 0.866. The molecule has 0 spiro atoms. The van der Waals surface area contributed by atoms with E-state index in [0.29, 0.717) is 18.5 Å². The fourth-order valence-electron chi connectivity index (χ4n) is 1.71. The number of nitrogens with zero attached hydrogens (tertiary/aromatic N) is 3. The van der Waals surface area contributed by atoms with Gasteiger partial charge in [0.1, 0.15) is 0 Å². The van der Waals surface area contributed by atoms with Gasteiger partial charge >= 0.3 is 5.97 Å².